The second-order valence-electron chi connectivity index (χ2n) is 5.31. The molecule has 18 heavy (non-hydrogen) atoms. The highest BCUT2D eigenvalue weighted by Crippen LogP contribution is 2.32. The molecule has 1 aromatic carbocycles. The van der Waals surface area contributed by atoms with Gasteiger partial charge in [-0.1, -0.05) is 19.9 Å². The van der Waals surface area contributed by atoms with Gasteiger partial charge in [0.2, 0.25) is 0 Å². The quantitative estimate of drug-likeness (QED) is 0.819. The molecule has 1 heterocycles. The van der Waals surface area contributed by atoms with Gasteiger partial charge in [-0.15, -0.1) is 0 Å². The summed E-state index contributed by atoms with van der Waals surface area (Å²) in [6.45, 7) is 6.74. The third kappa shape index (κ3) is 2.70. The minimum atomic E-state index is 0.764. The van der Waals surface area contributed by atoms with E-state index in [0.717, 1.165) is 40.6 Å². The van der Waals surface area contributed by atoms with Gasteiger partial charge in [0.1, 0.15) is 6.07 Å². The Balaban J connectivity index is 2.15. The molecule has 0 unspecified atom stereocenters. The molecular formula is C15H19BrN2. The molecule has 3 heteroatoms. The Morgan fingerprint density at radius 2 is 2.00 bits per heavy atom. The van der Waals surface area contributed by atoms with E-state index >= 15 is 0 Å². The molecule has 0 aromatic heterocycles. The summed E-state index contributed by atoms with van der Waals surface area (Å²) in [5, 5.41) is 9.26. The SMILES string of the molecule is CC(C)C1CCN(c2cccc(Br)c2C#N)CC1. The lowest BCUT2D eigenvalue weighted by Crippen LogP contribution is -2.35. The van der Waals surface area contributed by atoms with E-state index in [0.29, 0.717) is 0 Å². The van der Waals surface area contributed by atoms with Crippen molar-refractivity contribution in [2.45, 2.75) is 26.7 Å². The second kappa shape index (κ2) is 5.75. The molecule has 1 aliphatic rings. The summed E-state index contributed by atoms with van der Waals surface area (Å²) in [5.41, 5.74) is 1.84. The van der Waals surface area contributed by atoms with Crippen LogP contribution in [0.5, 0.6) is 0 Å². The number of nitrogens with zero attached hydrogens (tertiary/aromatic N) is 2. The van der Waals surface area contributed by atoms with Crippen LogP contribution in [0.3, 0.4) is 0 Å². The van der Waals surface area contributed by atoms with E-state index in [4.69, 9.17) is 0 Å². The van der Waals surface area contributed by atoms with Gasteiger partial charge in [-0.2, -0.15) is 5.26 Å². The zero-order valence-electron chi connectivity index (χ0n) is 11.0. The van der Waals surface area contributed by atoms with Crippen molar-refractivity contribution in [1.29, 1.82) is 5.26 Å². The number of anilines is 1. The predicted octanol–water partition coefficient (Wildman–Crippen LogP) is 4.19. The number of piperidine rings is 1. The zero-order chi connectivity index (χ0) is 13.1. The fraction of sp³-hybridized carbons (Fsp3) is 0.533. The van der Waals surface area contributed by atoms with Gasteiger partial charge in [-0.05, 0) is 52.7 Å². The van der Waals surface area contributed by atoms with Gasteiger partial charge < -0.3 is 4.90 Å². The largest absolute Gasteiger partial charge is 0.370 e. The first-order valence-corrected chi connectivity index (χ1v) is 7.36. The van der Waals surface area contributed by atoms with Gasteiger partial charge in [-0.25, -0.2) is 0 Å². The van der Waals surface area contributed by atoms with Gasteiger partial charge in [0.25, 0.3) is 0 Å². The second-order valence-corrected chi connectivity index (χ2v) is 6.17. The Bertz CT molecular complexity index is 454. The van der Waals surface area contributed by atoms with Crippen molar-refractivity contribution in [1.82, 2.24) is 0 Å². The summed E-state index contributed by atoms with van der Waals surface area (Å²) in [6, 6.07) is 8.30. The summed E-state index contributed by atoms with van der Waals surface area (Å²) in [4.78, 5) is 2.35. The average Bonchev–Trinajstić information content (AvgIpc) is 2.38. The van der Waals surface area contributed by atoms with Crippen LogP contribution in [0.4, 0.5) is 5.69 Å². The topological polar surface area (TPSA) is 27.0 Å². The Labute approximate surface area is 118 Å². The Hall–Kier alpha value is -1.01. The van der Waals surface area contributed by atoms with Gasteiger partial charge >= 0.3 is 0 Å². The molecule has 1 fully saturated rings. The van der Waals surface area contributed by atoms with Crippen LogP contribution in [0.1, 0.15) is 32.3 Å². The van der Waals surface area contributed by atoms with Crippen LogP contribution in [0.2, 0.25) is 0 Å². The van der Waals surface area contributed by atoms with Crippen molar-refractivity contribution in [3.05, 3.63) is 28.2 Å². The lowest BCUT2D eigenvalue weighted by atomic mass is 9.86. The molecule has 0 N–H and O–H groups in total. The molecule has 1 saturated heterocycles. The number of hydrogen-bond acceptors (Lipinski definition) is 2. The lowest BCUT2D eigenvalue weighted by molar-refractivity contribution is 0.311. The van der Waals surface area contributed by atoms with Crippen molar-refractivity contribution >= 4 is 21.6 Å². The molecule has 0 saturated carbocycles. The molecule has 1 aliphatic heterocycles. The van der Waals surface area contributed by atoms with Gasteiger partial charge in [0, 0.05) is 17.6 Å². The Morgan fingerprint density at radius 1 is 1.33 bits per heavy atom. The van der Waals surface area contributed by atoms with E-state index in [9.17, 15) is 5.26 Å². The maximum Gasteiger partial charge on any atom is 0.103 e. The van der Waals surface area contributed by atoms with Crippen LogP contribution < -0.4 is 4.90 Å². The van der Waals surface area contributed by atoms with E-state index in [2.05, 4.69) is 46.8 Å². The minimum Gasteiger partial charge on any atom is -0.370 e. The minimum absolute atomic E-state index is 0.764. The molecule has 0 amide bonds. The summed E-state index contributed by atoms with van der Waals surface area (Å²) in [7, 11) is 0. The monoisotopic (exact) mass is 306 g/mol. The summed E-state index contributed by atoms with van der Waals surface area (Å²) in [6.07, 6.45) is 2.46. The molecule has 0 radical (unpaired) electrons. The Morgan fingerprint density at radius 3 is 2.56 bits per heavy atom. The van der Waals surface area contributed by atoms with Crippen LogP contribution in [0.15, 0.2) is 22.7 Å². The highest BCUT2D eigenvalue weighted by atomic mass is 79.9. The van der Waals surface area contributed by atoms with Crippen molar-refractivity contribution in [3.8, 4) is 6.07 Å². The van der Waals surface area contributed by atoms with Crippen molar-refractivity contribution in [2.75, 3.05) is 18.0 Å². The van der Waals surface area contributed by atoms with Crippen LogP contribution in [-0.2, 0) is 0 Å². The maximum atomic E-state index is 9.26. The van der Waals surface area contributed by atoms with E-state index in [1.165, 1.54) is 12.8 Å². The maximum absolute atomic E-state index is 9.26. The van der Waals surface area contributed by atoms with Crippen molar-refractivity contribution in [3.63, 3.8) is 0 Å². The number of hydrogen-bond donors (Lipinski definition) is 0. The average molecular weight is 307 g/mol. The zero-order valence-corrected chi connectivity index (χ0v) is 12.6. The van der Waals surface area contributed by atoms with Gasteiger partial charge in [0.15, 0.2) is 0 Å². The Kier molecular flexibility index (Phi) is 4.29. The smallest absolute Gasteiger partial charge is 0.103 e. The first kappa shape index (κ1) is 13.4. The molecule has 2 nitrogen and oxygen atoms in total. The van der Waals surface area contributed by atoms with Crippen LogP contribution in [0, 0.1) is 23.2 Å². The molecule has 0 aliphatic carbocycles. The molecule has 1 aromatic rings. The van der Waals surface area contributed by atoms with Crippen LogP contribution in [0.25, 0.3) is 0 Å². The fourth-order valence-corrected chi connectivity index (χ4v) is 3.14. The number of benzene rings is 1. The first-order chi connectivity index (χ1) is 8.63. The number of nitriles is 1. The molecule has 0 spiro atoms. The van der Waals surface area contributed by atoms with E-state index in [1.807, 2.05) is 12.1 Å². The molecule has 0 bridgehead atoms. The predicted molar refractivity (Wildman–Crippen MR) is 78.6 cm³/mol. The normalized spacial score (nSPS) is 16.9. The fourth-order valence-electron chi connectivity index (χ4n) is 2.69. The molecule has 2 rings (SSSR count). The van der Waals surface area contributed by atoms with Crippen molar-refractivity contribution in [2.24, 2.45) is 11.8 Å². The molecule has 96 valence electrons. The van der Waals surface area contributed by atoms with E-state index < -0.39 is 0 Å². The molecule has 0 atom stereocenters. The summed E-state index contributed by atoms with van der Waals surface area (Å²) < 4.78 is 0.897. The number of halogens is 1. The first-order valence-electron chi connectivity index (χ1n) is 6.57. The van der Waals surface area contributed by atoms with E-state index in [-0.39, 0.29) is 0 Å². The summed E-state index contributed by atoms with van der Waals surface area (Å²) in [5.74, 6) is 1.60. The third-order valence-corrected chi connectivity index (χ3v) is 4.59. The highest BCUT2D eigenvalue weighted by molar-refractivity contribution is 9.10. The highest BCUT2D eigenvalue weighted by Gasteiger charge is 2.23. The third-order valence-electron chi connectivity index (χ3n) is 3.93. The van der Waals surface area contributed by atoms with E-state index in [1.54, 1.807) is 0 Å². The van der Waals surface area contributed by atoms with Gasteiger partial charge in [-0.3, -0.25) is 0 Å². The van der Waals surface area contributed by atoms with Crippen LogP contribution in [-0.4, -0.2) is 13.1 Å². The van der Waals surface area contributed by atoms with Crippen molar-refractivity contribution < 1.29 is 0 Å². The number of rotatable bonds is 2. The summed E-state index contributed by atoms with van der Waals surface area (Å²) >= 11 is 3.46. The van der Waals surface area contributed by atoms with Gasteiger partial charge in [0.05, 0.1) is 11.3 Å². The lowest BCUT2D eigenvalue weighted by Gasteiger charge is -2.35. The standard InChI is InChI=1S/C15H19BrN2/c1-11(2)12-6-8-18(9-7-12)15-5-3-4-14(16)13(15)10-17/h3-5,11-12H,6-9H2,1-2H3. The molecular weight excluding hydrogens is 288 g/mol. The van der Waals surface area contributed by atoms with Crippen LogP contribution >= 0.6 is 15.9 Å².